The molecule has 1 saturated carbocycles. The molecule has 2 rings (SSSR count). The monoisotopic (exact) mass is 261 g/mol. The van der Waals surface area contributed by atoms with Crippen LogP contribution < -0.4 is 10.1 Å². The lowest BCUT2D eigenvalue weighted by Crippen LogP contribution is -2.38. The van der Waals surface area contributed by atoms with Gasteiger partial charge in [0.05, 0.1) is 11.0 Å². The second kappa shape index (κ2) is 5.67. The number of nitriles is 1. The summed E-state index contributed by atoms with van der Waals surface area (Å²) in [6.07, 6.45) is 2.00. The first-order valence-corrected chi connectivity index (χ1v) is 6.14. The van der Waals surface area contributed by atoms with Gasteiger partial charge in [-0.2, -0.15) is 5.26 Å². The van der Waals surface area contributed by atoms with Gasteiger partial charge in [-0.3, -0.25) is 10.1 Å². The Morgan fingerprint density at radius 1 is 1.58 bits per heavy atom. The van der Waals surface area contributed by atoms with E-state index in [9.17, 15) is 10.1 Å². The molecule has 0 aromatic heterocycles. The summed E-state index contributed by atoms with van der Waals surface area (Å²) in [4.78, 5) is 10.1. The molecule has 1 aliphatic rings. The van der Waals surface area contributed by atoms with Crippen LogP contribution in [0, 0.1) is 27.4 Å². The van der Waals surface area contributed by atoms with Crippen molar-refractivity contribution in [1.29, 1.82) is 5.26 Å². The lowest BCUT2D eigenvalue weighted by atomic mass is 9.82. The van der Waals surface area contributed by atoms with E-state index in [1.165, 1.54) is 18.2 Å². The Morgan fingerprint density at radius 2 is 2.32 bits per heavy atom. The number of ether oxygens (including phenoxy) is 1. The van der Waals surface area contributed by atoms with Gasteiger partial charge in [0.15, 0.2) is 0 Å². The SMILES string of the molecule is CNCC1CC(Oc2ccc([N+](=O)[O-])cc2C#N)C1. The molecule has 19 heavy (non-hydrogen) atoms. The molecule has 6 heteroatoms. The Balaban J connectivity index is 2.02. The number of nitrogens with zero attached hydrogens (tertiary/aromatic N) is 2. The van der Waals surface area contributed by atoms with Gasteiger partial charge in [-0.05, 0) is 38.4 Å². The zero-order valence-electron chi connectivity index (χ0n) is 10.6. The molecule has 100 valence electrons. The summed E-state index contributed by atoms with van der Waals surface area (Å²) in [5.74, 6) is 1.04. The molecule has 0 atom stereocenters. The third-order valence-electron chi connectivity index (χ3n) is 3.27. The van der Waals surface area contributed by atoms with Gasteiger partial charge in [0, 0.05) is 12.1 Å². The molecule has 1 aliphatic carbocycles. The van der Waals surface area contributed by atoms with Gasteiger partial charge < -0.3 is 10.1 Å². The molecule has 0 radical (unpaired) electrons. The van der Waals surface area contributed by atoms with Crippen LogP contribution in [0.25, 0.3) is 0 Å². The lowest BCUT2D eigenvalue weighted by molar-refractivity contribution is -0.384. The van der Waals surface area contributed by atoms with E-state index >= 15 is 0 Å². The Bertz CT molecular complexity index is 518. The van der Waals surface area contributed by atoms with Crippen molar-refractivity contribution in [3.8, 4) is 11.8 Å². The Hall–Kier alpha value is -2.13. The average Bonchev–Trinajstić information content (AvgIpc) is 2.36. The third-order valence-corrected chi connectivity index (χ3v) is 3.27. The van der Waals surface area contributed by atoms with E-state index in [0.29, 0.717) is 11.7 Å². The van der Waals surface area contributed by atoms with Gasteiger partial charge in [0.25, 0.3) is 5.69 Å². The summed E-state index contributed by atoms with van der Waals surface area (Å²) in [7, 11) is 1.91. The summed E-state index contributed by atoms with van der Waals surface area (Å²) in [6.45, 7) is 0.964. The van der Waals surface area contributed by atoms with Gasteiger partial charge >= 0.3 is 0 Å². The van der Waals surface area contributed by atoms with E-state index in [-0.39, 0.29) is 17.4 Å². The van der Waals surface area contributed by atoms with Crippen LogP contribution in [0.5, 0.6) is 5.75 Å². The molecule has 1 aromatic rings. The largest absolute Gasteiger partial charge is 0.489 e. The van der Waals surface area contributed by atoms with Crippen molar-refractivity contribution in [1.82, 2.24) is 5.32 Å². The van der Waals surface area contributed by atoms with Crippen LogP contribution in [0.1, 0.15) is 18.4 Å². The molecule has 0 unspecified atom stereocenters. The van der Waals surface area contributed by atoms with E-state index in [4.69, 9.17) is 10.00 Å². The highest BCUT2D eigenvalue weighted by molar-refractivity contribution is 5.50. The first-order valence-electron chi connectivity index (χ1n) is 6.14. The maximum absolute atomic E-state index is 10.6. The summed E-state index contributed by atoms with van der Waals surface area (Å²) in [5, 5.41) is 22.7. The fourth-order valence-electron chi connectivity index (χ4n) is 2.23. The van der Waals surface area contributed by atoms with Crippen molar-refractivity contribution in [2.75, 3.05) is 13.6 Å². The van der Waals surface area contributed by atoms with Crippen LogP contribution in [0.3, 0.4) is 0 Å². The van der Waals surface area contributed by atoms with Gasteiger partial charge in [-0.1, -0.05) is 0 Å². The summed E-state index contributed by atoms with van der Waals surface area (Å²) in [5.41, 5.74) is 0.122. The molecule has 0 aliphatic heterocycles. The third kappa shape index (κ3) is 3.01. The fourth-order valence-corrected chi connectivity index (χ4v) is 2.23. The zero-order valence-corrected chi connectivity index (χ0v) is 10.6. The smallest absolute Gasteiger partial charge is 0.271 e. The summed E-state index contributed by atoms with van der Waals surface area (Å²) in [6, 6.07) is 6.05. The number of rotatable bonds is 5. The topological polar surface area (TPSA) is 88.2 Å². The van der Waals surface area contributed by atoms with Crippen molar-refractivity contribution in [2.24, 2.45) is 5.92 Å². The van der Waals surface area contributed by atoms with Crippen LogP contribution in [0.4, 0.5) is 5.69 Å². The number of nitrogens with one attached hydrogen (secondary N) is 1. The van der Waals surface area contributed by atoms with Crippen LogP contribution in [0.2, 0.25) is 0 Å². The minimum atomic E-state index is -0.517. The standard InChI is InChI=1S/C13H15N3O3/c1-15-8-9-4-12(5-9)19-13-3-2-11(16(17)18)6-10(13)7-14/h2-3,6,9,12,15H,4-5,8H2,1H3. The molecule has 1 N–H and O–H groups in total. The van der Waals surface area contributed by atoms with Gasteiger partial charge in [0.1, 0.15) is 17.4 Å². The molecular formula is C13H15N3O3. The van der Waals surface area contributed by atoms with E-state index in [0.717, 1.165) is 19.4 Å². The van der Waals surface area contributed by atoms with Gasteiger partial charge in [0.2, 0.25) is 0 Å². The van der Waals surface area contributed by atoms with E-state index in [1.54, 1.807) is 0 Å². The first kappa shape index (κ1) is 13.3. The second-order valence-electron chi connectivity index (χ2n) is 4.68. The highest BCUT2D eigenvalue weighted by Crippen LogP contribution is 2.33. The van der Waals surface area contributed by atoms with Crippen molar-refractivity contribution in [3.63, 3.8) is 0 Å². The van der Waals surface area contributed by atoms with Gasteiger partial charge in [-0.25, -0.2) is 0 Å². The number of benzene rings is 1. The van der Waals surface area contributed by atoms with E-state index in [2.05, 4.69) is 5.32 Å². The van der Waals surface area contributed by atoms with Crippen LogP contribution in [-0.4, -0.2) is 24.6 Å². The highest BCUT2D eigenvalue weighted by Gasteiger charge is 2.30. The van der Waals surface area contributed by atoms with Crippen molar-refractivity contribution < 1.29 is 9.66 Å². The summed E-state index contributed by atoms with van der Waals surface area (Å²) < 4.78 is 5.71. The molecule has 1 aromatic carbocycles. The number of hydrogen-bond acceptors (Lipinski definition) is 5. The summed E-state index contributed by atoms with van der Waals surface area (Å²) >= 11 is 0. The number of nitro groups is 1. The minimum Gasteiger partial charge on any atom is -0.489 e. The first-order chi connectivity index (χ1) is 9.13. The Morgan fingerprint density at radius 3 is 2.89 bits per heavy atom. The fraction of sp³-hybridized carbons (Fsp3) is 0.462. The van der Waals surface area contributed by atoms with Crippen LogP contribution in [0.15, 0.2) is 18.2 Å². The molecule has 6 nitrogen and oxygen atoms in total. The average molecular weight is 261 g/mol. The molecule has 0 amide bonds. The maximum Gasteiger partial charge on any atom is 0.271 e. The highest BCUT2D eigenvalue weighted by atomic mass is 16.6. The molecule has 0 spiro atoms. The van der Waals surface area contributed by atoms with Crippen molar-refractivity contribution in [3.05, 3.63) is 33.9 Å². The predicted molar refractivity (Wildman–Crippen MR) is 68.9 cm³/mol. The molecule has 0 heterocycles. The Labute approximate surface area is 111 Å². The maximum atomic E-state index is 10.6. The molecular weight excluding hydrogens is 246 g/mol. The van der Waals surface area contributed by atoms with Crippen molar-refractivity contribution >= 4 is 5.69 Å². The van der Waals surface area contributed by atoms with Crippen LogP contribution in [-0.2, 0) is 0 Å². The quantitative estimate of drug-likeness (QED) is 0.645. The zero-order chi connectivity index (χ0) is 13.8. The lowest BCUT2D eigenvalue weighted by Gasteiger charge is -2.35. The Kier molecular flexibility index (Phi) is 3.97. The predicted octanol–water partition coefficient (Wildman–Crippen LogP) is 1.84. The number of non-ortho nitro benzene ring substituents is 1. The minimum absolute atomic E-state index is 0.0921. The molecule has 1 fully saturated rings. The number of hydrogen-bond donors (Lipinski definition) is 1. The van der Waals surface area contributed by atoms with Crippen molar-refractivity contribution in [2.45, 2.75) is 18.9 Å². The van der Waals surface area contributed by atoms with E-state index in [1.807, 2.05) is 13.1 Å². The molecule has 0 saturated heterocycles. The van der Waals surface area contributed by atoms with Crippen LogP contribution >= 0.6 is 0 Å². The second-order valence-corrected chi connectivity index (χ2v) is 4.68. The number of nitro benzene ring substituents is 1. The van der Waals surface area contributed by atoms with Gasteiger partial charge in [-0.15, -0.1) is 0 Å². The molecule has 0 bridgehead atoms. The van der Waals surface area contributed by atoms with E-state index < -0.39 is 4.92 Å². The normalized spacial score (nSPS) is 21.3.